The fraction of sp³-hybridized carbons (Fsp3) is 0.200. The molecule has 21 heavy (non-hydrogen) atoms. The zero-order valence-corrected chi connectivity index (χ0v) is 11.1. The number of halogens is 3. The van der Waals surface area contributed by atoms with E-state index in [1.54, 1.807) is 24.3 Å². The van der Waals surface area contributed by atoms with Crippen molar-refractivity contribution in [1.82, 2.24) is 4.98 Å². The summed E-state index contributed by atoms with van der Waals surface area (Å²) >= 11 is 0. The third-order valence-electron chi connectivity index (χ3n) is 2.95. The van der Waals surface area contributed by atoms with E-state index in [0.29, 0.717) is 11.3 Å². The van der Waals surface area contributed by atoms with Crippen LogP contribution in [0.4, 0.5) is 13.2 Å². The minimum absolute atomic E-state index is 0.126. The zero-order valence-electron chi connectivity index (χ0n) is 11.1. The van der Waals surface area contributed by atoms with Crippen molar-refractivity contribution in [2.75, 3.05) is 7.11 Å². The Kier molecular flexibility index (Phi) is 4.26. The summed E-state index contributed by atoms with van der Waals surface area (Å²) in [6.45, 7) is 0. The van der Waals surface area contributed by atoms with E-state index < -0.39 is 23.1 Å². The molecule has 6 heteroatoms. The molecule has 1 aromatic carbocycles. The van der Waals surface area contributed by atoms with E-state index >= 15 is 0 Å². The van der Waals surface area contributed by atoms with Crippen molar-refractivity contribution < 1.29 is 22.7 Å². The summed E-state index contributed by atoms with van der Waals surface area (Å²) in [5, 5.41) is 0. The number of hydrogen-bond donors (Lipinski definition) is 0. The molecule has 0 atom stereocenters. The Balaban J connectivity index is 2.24. The van der Waals surface area contributed by atoms with Crippen LogP contribution in [0.3, 0.4) is 0 Å². The summed E-state index contributed by atoms with van der Waals surface area (Å²) in [5.41, 5.74) is -0.769. The van der Waals surface area contributed by atoms with Crippen LogP contribution in [0.1, 0.15) is 21.5 Å². The van der Waals surface area contributed by atoms with Crippen molar-refractivity contribution >= 4 is 5.78 Å². The highest BCUT2D eigenvalue weighted by molar-refractivity contribution is 5.98. The number of pyridine rings is 1. The van der Waals surface area contributed by atoms with Crippen molar-refractivity contribution in [3.63, 3.8) is 0 Å². The second-order valence-electron chi connectivity index (χ2n) is 4.37. The minimum atomic E-state index is -4.58. The Labute approximate surface area is 119 Å². The molecule has 2 rings (SSSR count). The van der Waals surface area contributed by atoms with Crippen molar-refractivity contribution in [3.8, 4) is 5.75 Å². The molecule has 0 aliphatic rings. The molecule has 0 radical (unpaired) electrons. The lowest BCUT2D eigenvalue weighted by Gasteiger charge is -2.11. The highest BCUT2D eigenvalue weighted by atomic mass is 19.4. The molecule has 0 amide bonds. The fourth-order valence-corrected chi connectivity index (χ4v) is 1.89. The summed E-state index contributed by atoms with van der Waals surface area (Å²) in [6, 6.07) is 7.38. The number of hydrogen-bond acceptors (Lipinski definition) is 3. The van der Waals surface area contributed by atoms with Crippen molar-refractivity contribution in [1.29, 1.82) is 0 Å². The van der Waals surface area contributed by atoms with Gasteiger partial charge in [-0.1, -0.05) is 12.1 Å². The van der Waals surface area contributed by atoms with E-state index in [0.717, 1.165) is 18.5 Å². The third kappa shape index (κ3) is 3.59. The van der Waals surface area contributed by atoms with Gasteiger partial charge in [0.25, 0.3) is 0 Å². The van der Waals surface area contributed by atoms with Crippen LogP contribution in [-0.2, 0) is 12.6 Å². The quantitative estimate of drug-likeness (QED) is 0.810. The SMILES string of the molecule is COc1ccc(CC(=O)c2cnccc2C(F)(F)F)cc1. The molecular weight excluding hydrogens is 283 g/mol. The van der Waals surface area contributed by atoms with E-state index in [2.05, 4.69) is 4.98 Å². The predicted molar refractivity (Wildman–Crippen MR) is 70.3 cm³/mol. The Hall–Kier alpha value is -2.37. The second-order valence-corrected chi connectivity index (χ2v) is 4.37. The standard InChI is InChI=1S/C15H12F3NO2/c1-21-11-4-2-10(3-5-11)8-14(20)12-9-19-7-6-13(12)15(16,17)18/h2-7,9H,8H2,1H3. The largest absolute Gasteiger partial charge is 0.497 e. The number of carbonyl (C=O) groups is 1. The molecule has 110 valence electrons. The van der Waals surface area contributed by atoms with E-state index in [9.17, 15) is 18.0 Å². The maximum Gasteiger partial charge on any atom is 0.417 e. The summed E-state index contributed by atoms with van der Waals surface area (Å²) < 4.78 is 43.5. The fourth-order valence-electron chi connectivity index (χ4n) is 1.89. The van der Waals surface area contributed by atoms with Crippen LogP contribution < -0.4 is 4.74 Å². The highest BCUT2D eigenvalue weighted by Crippen LogP contribution is 2.32. The Bertz CT molecular complexity index is 636. The van der Waals surface area contributed by atoms with Crippen LogP contribution >= 0.6 is 0 Å². The molecule has 0 saturated carbocycles. The molecule has 0 spiro atoms. The first-order valence-electron chi connectivity index (χ1n) is 6.09. The average Bonchev–Trinajstić information content (AvgIpc) is 2.47. The summed E-state index contributed by atoms with van der Waals surface area (Å²) in [7, 11) is 1.51. The maximum absolute atomic E-state index is 12.8. The Morgan fingerprint density at radius 3 is 2.43 bits per heavy atom. The van der Waals surface area contributed by atoms with Gasteiger partial charge in [0.15, 0.2) is 5.78 Å². The zero-order chi connectivity index (χ0) is 15.5. The van der Waals surface area contributed by atoms with E-state index in [4.69, 9.17) is 4.74 Å². The van der Waals surface area contributed by atoms with Crippen LogP contribution in [-0.4, -0.2) is 17.9 Å². The number of ketones is 1. The molecule has 1 heterocycles. The van der Waals surface area contributed by atoms with Crippen LogP contribution in [0, 0.1) is 0 Å². The molecule has 0 N–H and O–H groups in total. The number of methoxy groups -OCH3 is 1. The van der Waals surface area contributed by atoms with Gasteiger partial charge < -0.3 is 4.74 Å². The number of nitrogens with zero attached hydrogens (tertiary/aromatic N) is 1. The molecule has 0 unspecified atom stereocenters. The number of Topliss-reactive ketones (excluding diaryl/α,β-unsaturated/α-hetero) is 1. The molecule has 3 nitrogen and oxygen atoms in total. The molecular formula is C15H12F3NO2. The van der Waals surface area contributed by atoms with E-state index in [1.807, 2.05) is 0 Å². The second kappa shape index (κ2) is 5.95. The lowest BCUT2D eigenvalue weighted by Crippen LogP contribution is -2.15. The van der Waals surface area contributed by atoms with Gasteiger partial charge in [-0.3, -0.25) is 9.78 Å². The lowest BCUT2D eigenvalue weighted by atomic mass is 10.00. The number of rotatable bonds is 4. The Morgan fingerprint density at radius 2 is 1.86 bits per heavy atom. The number of aromatic nitrogens is 1. The monoisotopic (exact) mass is 295 g/mol. The normalized spacial score (nSPS) is 11.2. The maximum atomic E-state index is 12.8. The van der Waals surface area contributed by atoms with Crippen molar-refractivity contribution in [2.45, 2.75) is 12.6 Å². The Morgan fingerprint density at radius 1 is 1.19 bits per heavy atom. The van der Waals surface area contributed by atoms with Crippen molar-refractivity contribution in [3.05, 3.63) is 59.4 Å². The molecule has 0 bridgehead atoms. The van der Waals surface area contributed by atoms with Crippen LogP contribution in [0.2, 0.25) is 0 Å². The highest BCUT2D eigenvalue weighted by Gasteiger charge is 2.35. The van der Waals surface area contributed by atoms with Gasteiger partial charge in [0.05, 0.1) is 12.7 Å². The van der Waals surface area contributed by atoms with Gasteiger partial charge in [-0.05, 0) is 23.8 Å². The third-order valence-corrected chi connectivity index (χ3v) is 2.95. The summed E-state index contributed by atoms with van der Waals surface area (Å²) in [6.07, 6.45) is -2.73. The van der Waals surface area contributed by atoms with E-state index in [-0.39, 0.29) is 6.42 Å². The molecule has 0 aliphatic heterocycles. The number of carbonyl (C=O) groups excluding carboxylic acids is 1. The van der Waals surface area contributed by atoms with Crippen LogP contribution in [0.5, 0.6) is 5.75 Å². The number of benzene rings is 1. The van der Waals surface area contributed by atoms with E-state index in [1.165, 1.54) is 7.11 Å². The first-order chi connectivity index (χ1) is 9.91. The average molecular weight is 295 g/mol. The van der Waals surface area contributed by atoms with Gasteiger partial charge in [0.2, 0.25) is 0 Å². The van der Waals surface area contributed by atoms with Crippen LogP contribution in [0.15, 0.2) is 42.7 Å². The molecule has 1 aromatic heterocycles. The topological polar surface area (TPSA) is 39.2 Å². The number of ether oxygens (including phenoxy) is 1. The smallest absolute Gasteiger partial charge is 0.417 e. The molecule has 0 fully saturated rings. The van der Waals surface area contributed by atoms with Gasteiger partial charge in [0.1, 0.15) is 5.75 Å². The summed E-state index contributed by atoms with van der Waals surface area (Å²) in [5.74, 6) is -0.0100. The van der Waals surface area contributed by atoms with Gasteiger partial charge in [-0.25, -0.2) is 0 Å². The molecule has 0 aliphatic carbocycles. The van der Waals surface area contributed by atoms with Crippen LogP contribution in [0.25, 0.3) is 0 Å². The van der Waals surface area contributed by atoms with Gasteiger partial charge in [-0.15, -0.1) is 0 Å². The summed E-state index contributed by atoms with van der Waals surface area (Å²) in [4.78, 5) is 15.7. The number of alkyl halides is 3. The van der Waals surface area contributed by atoms with Gasteiger partial charge in [0, 0.05) is 24.4 Å². The van der Waals surface area contributed by atoms with Gasteiger partial charge >= 0.3 is 6.18 Å². The first-order valence-corrected chi connectivity index (χ1v) is 6.09. The molecule has 2 aromatic rings. The lowest BCUT2D eigenvalue weighted by molar-refractivity contribution is -0.138. The molecule has 0 saturated heterocycles. The first kappa shape index (κ1) is 15.0. The predicted octanol–water partition coefficient (Wildman–Crippen LogP) is 3.53. The minimum Gasteiger partial charge on any atom is -0.497 e. The van der Waals surface area contributed by atoms with Crippen molar-refractivity contribution in [2.24, 2.45) is 0 Å². The van der Waals surface area contributed by atoms with Gasteiger partial charge in [-0.2, -0.15) is 13.2 Å².